The summed E-state index contributed by atoms with van der Waals surface area (Å²) in [4.78, 5) is 4.26. The molecule has 0 bridgehead atoms. The number of aromatic amines is 1. The molecule has 4 rings (SSSR count). The van der Waals surface area contributed by atoms with Crippen LogP contribution in [0.15, 0.2) is 42.5 Å². The van der Waals surface area contributed by atoms with Gasteiger partial charge in [-0.2, -0.15) is 14.9 Å². The number of hydrogen-bond donors (Lipinski definition) is 3. The third-order valence-electron chi connectivity index (χ3n) is 4.00. The number of nitrogen functional groups attached to an aromatic ring is 1. The number of ether oxygens (including phenoxy) is 2. The van der Waals surface area contributed by atoms with Gasteiger partial charge in [0.25, 0.3) is 0 Å². The number of H-pyrrole nitrogens is 1. The lowest BCUT2D eigenvalue weighted by Crippen LogP contribution is -2.02. The zero-order valence-corrected chi connectivity index (χ0v) is 15.1. The Morgan fingerprint density at radius 3 is 2.57 bits per heavy atom. The minimum Gasteiger partial charge on any atom is -0.497 e. The Morgan fingerprint density at radius 2 is 1.89 bits per heavy atom. The van der Waals surface area contributed by atoms with Gasteiger partial charge in [-0.15, -0.1) is 15.3 Å². The highest BCUT2D eigenvalue weighted by Crippen LogP contribution is 2.31. The number of anilines is 3. The fourth-order valence-corrected chi connectivity index (χ4v) is 2.63. The van der Waals surface area contributed by atoms with E-state index in [4.69, 9.17) is 15.2 Å². The van der Waals surface area contributed by atoms with Crippen molar-refractivity contribution < 1.29 is 9.47 Å². The molecule has 0 aliphatic carbocycles. The van der Waals surface area contributed by atoms with E-state index >= 15 is 0 Å². The number of methoxy groups -OCH3 is 2. The largest absolute Gasteiger partial charge is 0.497 e. The van der Waals surface area contributed by atoms with Gasteiger partial charge in [-0.25, -0.2) is 0 Å². The molecular weight excluding hydrogens is 362 g/mol. The van der Waals surface area contributed by atoms with Crippen molar-refractivity contribution in [1.29, 1.82) is 0 Å². The Morgan fingerprint density at radius 1 is 1.07 bits per heavy atom. The number of nitrogens with two attached hydrogens (primary N) is 1. The maximum absolute atomic E-state index is 6.03. The third-order valence-corrected chi connectivity index (χ3v) is 4.00. The molecule has 0 fully saturated rings. The highest BCUT2D eigenvalue weighted by molar-refractivity contribution is 5.65. The van der Waals surface area contributed by atoms with E-state index in [0.29, 0.717) is 29.0 Å². The summed E-state index contributed by atoms with van der Waals surface area (Å²) in [7, 11) is 3.17. The van der Waals surface area contributed by atoms with Crippen LogP contribution >= 0.6 is 0 Å². The van der Waals surface area contributed by atoms with Crippen molar-refractivity contribution in [3.63, 3.8) is 0 Å². The number of rotatable bonds is 6. The lowest BCUT2D eigenvalue weighted by atomic mass is 10.2. The summed E-state index contributed by atoms with van der Waals surface area (Å²) in [5.74, 6) is 2.36. The molecule has 11 nitrogen and oxygen atoms in total. The van der Waals surface area contributed by atoms with E-state index < -0.39 is 0 Å². The van der Waals surface area contributed by atoms with Gasteiger partial charge in [0.05, 0.1) is 25.6 Å². The van der Waals surface area contributed by atoms with Gasteiger partial charge in [0.2, 0.25) is 17.7 Å². The number of nitrogens with one attached hydrogen (secondary N) is 2. The molecule has 11 heteroatoms. The van der Waals surface area contributed by atoms with Gasteiger partial charge in [-0.05, 0) is 41.6 Å². The predicted octanol–water partition coefficient (Wildman–Crippen LogP) is 1.79. The van der Waals surface area contributed by atoms with Crippen LogP contribution in [0.25, 0.3) is 17.1 Å². The molecule has 28 heavy (non-hydrogen) atoms. The maximum Gasteiger partial charge on any atom is 0.248 e. The van der Waals surface area contributed by atoms with E-state index in [9.17, 15) is 0 Å². The first kappa shape index (κ1) is 17.3. The average molecular weight is 379 g/mol. The van der Waals surface area contributed by atoms with Crippen LogP contribution in [0.4, 0.5) is 17.6 Å². The standard InChI is InChI=1S/C17H17N9O2/c1-27-12-7-8-13(14(9-12)28-2)19-17-20-16(18)26(23-17)11-5-3-10(4-6-11)15-21-24-25-22-15/h3-9H,1-2H3,(H3,18,19,20,23)(H,21,22,24,25). The van der Waals surface area contributed by atoms with Crippen molar-refractivity contribution in [2.75, 3.05) is 25.3 Å². The predicted molar refractivity (Wildman–Crippen MR) is 102 cm³/mol. The lowest BCUT2D eigenvalue weighted by molar-refractivity contribution is 0.395. The van der Waals surface area contributed by atoms with E-state index in [1.165, 1.54) is 4.68 Å². The second-order valence-corrected chi connectivity index (χ2v) is 5.68. The Balaban J connectivity index is 1.59. The molecule has 2 heterocycles. The first-order valence-corrected chi connectivity index (χ1v) is 8.24. The van der Waals surface area contributed by atoms with E-state index in [2.05, 4.69) is 36.0 Å². The number of nitrogens with zero attached hydrogens (tertiary/aromatic N) is 6. The summed E-state index contributed by atoms with van der Waals surface area (Å²) < 4.78 is 12.1. The van der Waals surface area contributed by atoms with Gasteiger partial charge < -0.3 is 20.5 Å². The topological polar surface area (TPSA) is 142 Å². The smallest absolute Gasteiger partial charge is 0.248 e. The molecule has 2 aromatic heterocycles. The van der Waals surface area contributed by atoms with Crippen molar-refractivity contribution >= 4 is 17.6 Å². The van der Waals surface area contributed by atoms with E-state index in [1.807, 2.05) is 36.4 Å². The monoisotopic (exact) mass is 379 g/mol. The Hall–Kier alpha value is -4.15. The fourth-order valence-electron chi connectivity index (χ4n) is 2.63. The molecule has 0 atom stereocenters. The Kier molecular flexibility index (Phi) is 4.46. The summed E-state index contributed by atoms with van der Waals surface area (Å²) in [5, 5.41) is 21.4. The third kappa shape index (κ3) is 3.28. The average Bonchev–Trinajstić information content (AvgIpc) is 3.38. The van der Waals surface area contributed by atoms with Crippen LogP contribution in [0.3, 0.4) is 0 Å². The molecule has 4 N–H and O–H groups in total. The summed E-state index contributed by atoms with van der Waals surface area (Å²) >= 11 is 0. The lowest BCUT2D eigenvalue weighted by Gasteiger charge is -2.10. The van der Waals surface area contributed by atoms with Crippen LogP contribution in [-0.4, -0.2) is 49.6 Å². The summed E-state index contributed by atoms with van der Waals surface area (Å²) in [6, 6.07) is 12.8. The minimum atomic E-state index is 0.238. The molecule has 142 valence electrons. The first-order chi connectivity index (χ1) is 13.7. The van der Waals surface area contributed by atoms with Crippen molar-refractivity contribution in [2.24, 2.45) is 0 Å². The first-order valence-electron chi connectivity index (χ1n) is 8.24. The molecule has 0 saturated carbocycles. The van der Waals surface area contributed by atoms with Gasteiger partial charge in [-0.3, -0.25) is 0 Å². The van der Waals surface area contributed by atoms with Crippen LogP contribution in [0.2, 0.25) is 0 Å². The van der Waals surface area contributed by atoms with E-state index in [-0.39, 0.29) is 5.95 Å². The number of benzene rings is 2. The quantitative estimate of drug-likeness (QED) is 0.457. The van der Waals surface area contributed by atoms with Crippen molar-refractivity contribution in [1.82, 2.24) is 35.4 Å². The van der Waals surface area contributed by atoms with Gasteiger partial charge in [0, 0.05) is 11.6 Å². The normalized spacial score (nSPS) is 10.6. The van der Waals surface area contributed by atoms with E-state index in [0.717, 1.165) is 11.3 Å². The molecule has 2 aromatic carbocycles. The molecule has 0 radical (unpaired) electrons. The second kappa shape index (κ2) is 7.23. The van der Waals surface area contributed by atoms with Gasteiger partial charge in [-0.1, -0.05) is 0 Å². The molecule has 0 amide bonds. The molecule has 4 aromatic rings. The van der Waals surface area contributed by atoms with Crippen LogP contribution in [-0.2, 0) is 0 Å². The SMILES string of the molecule is COc1ccc(Nc2nc(N)n(-c3ccc(-c4nn[nH]n4)cc3)n2)c(OC)c1. The minimum absolute atomic E-state index is 0.238. The van der Waals surface area contributed by atoms with Crippen molar-refractivity contribution in [3.05, 3.63) is 42.5 Å². The van der Waals surface area contributed by atoms with Crippen LogP contribution in [0.5, 0.6) is 11.5 Å². The molecule has 0 unspecified atom stereocenters. The van der Waals surface area contributed by atoms with E-state index in [1.54, 1.807) is 20.3 Å². The van der Waals surface area contributed by atoms with Crippen LogP contribution < -0.4 is 20.5 Å². The van der Waals surface area contributed by atoms with Crippen molar-refractivity contribution in [2.45, 2.75) is 0 Å². The van der Waals surface area contributed by atoms with Crippen LogP contribution in [0, 0.1) is 0 Å². The zero-order chi connectivity index (χ0) is 19.5. The second-order valence-electron chi connectivity index (χ2n) is 5.68. The maximum atomic E-state index is 6.03. The molecule has 0 spiro atoms. The molecule has 0 aliphatic heterocycles. The molecule has 0 aliphatic rings. The summed E-state index contributed by atoms with van der Waals surface area (Å²) in [5.41, 5.74) is 8.28. The van der Waals surface area contributed by atoms with Gasteiger partial charge in [0.15, 0.2) is 0 Å². The number of aromatic nitrogens is 7. The van der Waals surface area contributed by atoms with Crippen molar-refractivity contribution in [3.8, 4) is 28.6 Å². The Labute approximate surface area is 159 Å². The number of hydrogen-bond acceptors (Lipinski definition) is 9. The van der Waals surface area contributed by atoms with Gasteiger partial charge >= 0.3 is 0 Å². The Bertz CT molecular complexity index is 1070. The van der Waals surface area contributed by atoms with Gasteiger partial charge in [0.1, 0.15) is 11.5 Å². The molecule has 0 saturated heterocycles. The highest BCUT2D eigenvalue weighted by Gasteiger charge is 2.12. The summed E-state index contributed by atoms with van der Waals surface area (Å²) in [6.07, 6.45) is 0. The number of tetrazole rings is 1. The highest BCUT2D eigenvalue weighted by atomic mass is 16.5. The van der Waals surface area contributed by atoms with Crippen LogP contribution in [0.1, 0.15) is 0 Å². The molecular formula is C17H17N9O2. The summed E-state index contributed by atoms with van der Waals surface area (Å²) in [6.45, 7) is 0. The fraction of sp³-hybridized carbons (Fsp3) is 0.118. The zero-order valence-electron chi connectivity index (χ0n) is 15.1.